The molecule has 0 aromatic rings. The van der Waals surface area contributed by atoms with Gasteiger partial charge in [0.15, 0.2) is 12.2 Å². The molecule has 0 aliphatic rings. The first-order valence-electron chi connectivity index (χ1n) is 36.8. The lowest BCUT2D eigenvalue weighted by atomic mass is 10.0. The van der Waals surface area contributed by atoms with Gasteiger partial charge in [-0.25, -0.2) is 9.13 Å². The number of aliphatic hydroxyl groups excluding tert-OH is 1. The molecule has 0 fully saturated rings. The molecule has 528 valence electrons. The standard InChI is InChI=1S/C70H136O17P2/c1-5-9-13-17-21-25-29-31-33-35-37-41-45-49-53-57-70(75)87-66(61-81-68(73)55-51-47-43-40-36-34-32-30-26-22-18-14-10-6-2)63-85-89(78,79)83-59-64(71)58-82-88(76,77)84-62-65(86-69(74)56-52-48-44-39-28-24-20-16-12-8-4)60-80-67(72)54-50-46-42-38-27-23-19-15-11-7-3/h64-66,71H,5-63H2,1-4H3,(H,76,77)(H,78,79)/t64-,65+,66+/m0/s1. The number of hydrogen-bond donors (Lipinski definition) is 3. The van der Waals surface area contributed by atoms with Gasteiger partial charge in [0.1, 0.15) is 19.3 Å². The molecule has 0 radical (unpaired) electrons. The molecule has 0 aliphatic heterocycles. The molecule has 0 spiro atoms. The van der Waals surface area contributed by atoms with Gasteiger partial charge in [0.2, 0.25) is 0 Å². The second-order valence-electron chi connectivity index (χ2n) is 25.3. The van der Waals surface area contributed by atoms with Crippen molar-refractivity contribution in [2.24, 2.45) is 0 Å². The Kier molecular flexibility index (Phi) is 63.3. The van der Waals surface area contributed by atoms with E-state index < -0.39 is 97.5 Å². The second kappa shape index (κ2) is 64.8. The third kappa shape index (κ3) is 64.6. The zero-order chi connectivity index (χ0) is 65.4. The van der Waals surface area contributed by atoms with Crippen LogP contribution >= 0.6 is 15.6 Å². The van der Waals surface area contributed by atoms with Crippen molar-refractivity contribution in [3.63, 3.8) is 0 Å². The molecule has 0 rings (SSSR count). The highest BCUT2D eigenvalue weighted by Gasteiger charge is 2.30. The average Bonchev–Trinajstić information content (AvgIpc) is 3.71. The van der Waals surface area contributed by atoms with Crippen LogP contribution in [0.25, 0.3) is 0 Å². The molecule has 0 heterocycles. The highest BCUT2D eigenvalue weighted by Crippen LogP contribution is 2.45. The maximum atomic E-state index is 13.0. The molecular formula is C70H136O17P2. The van der Waals surface area contributed by atoms with Gasteiger partial charge in [0.05, 0.1) is 26.4 Å². The SMILES string of the molecule is CCCCCCCCCCCCCCCCCC(=O)O[C@H](COC(=O)CCCCCCCCCCCCCCCC)COP(=O)(O)OC[C@@H](O)COP(=O)(O)OC[C@@H](COC(=O)CCCCCCCCCCCC)OC(=O)CCCCCCCCCCCC. The number of aliphatic hydroxyl groups is 1. The Morgan fingerprint density at radius 3 is 0.663 bits per heavy atom. The van der Waals surface area contributed by atoms with Crippen molar-refractivity contribution in [3.05, 3.63) is 0 Å². The number of esters is 4. The van der Waals surface area contributed by atoms with E-state index >= 15 is 0 Å². The van der Waals surface area contributed by atoms with Crippen molar-refractivity contribution >= 4 is 39.5 Å². The van der Waals surface area contributed by atoms with Gasteiger partial charge in [-0.1, -0.05) is 317 Å². The number of phosphoric acid groups is 2. The fraction of sp³-hybridized carbons (Fsp3) is 0.943. The summed E-state index contributed by atoms with van der Waals surface area (Å²) in [6.07, 6.45) is 52.5. The van der Waals surface area contributed by atoms with Gasteiger partial charge in [-0.05, 0) is 25.7 Å². The monoisotopic (exact) mass is 1310 g/mol. The molecule has 19 heteroatoms. The summed E-state index contributed by atoms with van der Waals surface area (Å²) in [6, 6.07) is 0. The van der Waals surface area contributed by atoms with Gasteiger partial charge in [0, 0.05) is 25.7 Å². The first kappa shape index (κ1) is 87.1. The zero-order valence-electron chi connectivity index (χ0n) is 57.4. The van der Waals surface area contributed by atoms with E-state index in [-0.39, 0.29) is 25.7 Å². The molecule has 0 saturated carbocycles. The molecule has 17 nitrogen and oxygen atoms in total. The molecule has 2 unspecified atom stereocenters. The number of ether oxygens (including phenoxy) is 4. The van der Waals surface area contributed by atoms with Crippen LogP contribution in [0.1, 0.15) is 368 Å². The van der Waals surface area contributed by atoms with Gasteiger partial charge in [-0.3, -0.25) is 37.3 Å². The fourth-order valence-corrected chi connectivity index (χ4v) is 12.3. The van der Waals surface area contributed by atoms with Crippen LogP contribution in [0.5, 0.6) is 0 Å². The van der Waals surface area contributed by atoms with Gasteiger partial charge >= 0.3 is 39.5 Å². The Hall–Kier alpha value is -1.94. The normalized spacial score (nSPS) is 14.0. The predicted octanol–water partition coefficient (Wildman–Crippen LogP) is 20.3. The number of hydrogen-bond acceptors (Lipinski definition) is 15. The third-order valence-corrected chi connectivity index (χ3v) is 18.3. The number of phosphoric ester groups is 2. The molecule has 0 bridgehead atoms. The van der Waals surface area contributed by atoms with Crippen molar-refractivity contribution in [2.45, 2.75) is 386 Å². The van der Waals surface area contributed by atoms with Crippen LogP contribution in [-0.4, -0.2) is 96.7 Å². The van der Waals surface area contributed by atoms with Crippen molar-refractivity contribution in [3.8, 4) is 0 Å². The summed E-state index contributed by atoms with van der Waals surface area (Å²) in [4.78, 5) is 72.5. The first-order chi connectivity index (χ1) is 43.2. The largest absolute Gasteiger partial charge is 0.472 e. The summed E-state index contributed by atoms with van der Waals surface area (Å²) in [5.74, 6) is -2.12. The quantitative estimate of drug-likeness (QED) is 0.0222. The third-order valence-electron chi connectivity index (χ3n) is 16.4. The number of rotatable bonds is 71. The van der Waals surface area contributed by atoms with E-state index in [0.717, 1.165) is 89.9 Å². The Bertz CT molecular complexity index is 1710. The molecule has 0 aromatic heterocycles. The van der Waals surface area contributed by atoms with Crippen LogP contribution in [-0.2, 0) is 65.4 Å². The maximum absolute atomic E-state index is 13.0. The van der Waals surface area contributed by atoms with Crippen molar-refractivity contribution < 1.29 is 80.2 Å². The van der Waals surface area contributed by atoms with E-state index in [2.05, 4.69) is 27.7 Å². The Balaban J connectivity index is 5.23. The van der Waals surface area contributed by atoms with Crippen LogP contribution in [0, 0.1) is 0 Å². The zero-order valence-corrected chi connectivity index (χ0v) is 59.2. The van der Waals surface area contributed by atoms with E-state index in [0.29, 0.717) is 25.7 Å². The second-order valence-corrected chi connectivity index (χ2v) is 28.2. The summed E-state index contributed by atoms with van der Waals surface area (Å²) in [6.45, 7) is 4.94. The lowest BCUT2D eigenvalue weighted by molar-refractivity contribution is -0.161. The summed E-state index contributed by atoms with van der Waals surface area (Å²) >= 11 is 0. The number of carbonyl (C=O) groups is 4. The number of unbranched alkanes of at least 4 members (excludes halogenated alkanes) is 45. The summed E-state index contributed by atoms with van der Waals surface area (Å²) < 4.78 is 68.3. The topological polar surface area (TPSA) is 237 Å². The van der Waals surface area contributed by atoms with Crippen LogP contribution in [0.2, 0.25) is 0 Å². The van der Waals surface area contributed by atoms with E-state index in [9.17, 15) is 43.2 Å². The van der Waals surface area contributed by atoms with E-state index in [1.807, 2.05) is 0 Å². The van der Waals surface area contributed by atoms with Crippen molar-refractivity contribution in [2.75, 3.05) is 39.6 Å². The van der Waals surface area contributed by atoms with Crippen LogP contribution in [0.3, 0.4) is 0 Å². The van der Waals surface area contributed by atoms with Gasteiger partial charge in [-0.2, -0.15) is 0 Å². The van der Waals surface area contributed by atoms with Gasteiger partial charge in [0.25, 0.3) is 0 Å². The average molecular weight is 1310 g/mol. The predicted molar refractivity (Wildman–Crippen MR) is 359 cm³/mol. The van der Waals surface area contributed by atoms with Gasteiger partial charge < -0.3 is 33.8 Å². The van der Waals surface area contributed by atoms with Crippen molar-refractivity contribution in [1.82, 2.24) is 0 Å². The minimum Gasteiger partial charge on any atom is -0.462 e. The molecule has 3 N–H and O–H groups in total. The Morgan fingerprint density at radius 2 is 0.449 bits per heavy atom. The Morgan fingerprint density at radius 1 is 0.270 bits per heavy atom. The van der Waals surface area contributed by atoms with Crippen LogP contribution in [0.15, 0.2) is 0 Å². The fourth-order valence-electron chi connectivity index (χ4n) is 10.7. The molecule has 0 amide bonds. The number of carbonyl (C=O) groups excluding carboxylic acids is 4. The molecule has 89 heavy (non-hydrogen) atoms. The van der Waals surface area contributed by atoms with E-state index in [1.54, 1.807) is 0 Å². The van der Waals surface area contributed by atoms with E-state index in [4.69, 9.17) is 37.0 Å². The highest BCUT2D eigenvalue weighted by atomic mass is 31.2. The molecule has 0 aliphatic carbocycles. The minimum atomic E-state index is -4.95. The lowest BCUT2D eigenvalue weighted by Gasteiger charge is -2.21. The summed E-state index contributed by atoms with van der Waals surface area (Å²) in [7, 11) is -9.89. The summed E-state index contributed by atoms with van der Waals surface area (Å²) in [5.41, 5.74) is 0. The lowest BCUT2D eigenvalue weighted by Crippen LogP contribution is -2.30. The molecule has 5 atom stereocenters. The van der Waals surface area contributed by atoms with E-state index in [1.165, 1.54) is 199 Å². The highest BCUT2D eigenvalue weighted by molar-refractivity contribution is 7.47. The first-order valence-corrected chi connectivity index (χ1v) is 39.8. The molecular weight excluding hydrogens is 1170 g/mol. The summed E-state index contributed by atoms with van der Waals surface area (Å²) in [5, 5.41) is 10.6. The van der Waals surface area contributed by atoms with Crippen LogP contribution < -0.4 is 0 Å². The molecule has 0 saturated heterocycles. The Labute approximate surface area is 543 Å². The van der Waals surface area contributed by atoms with Gasteiger partial charge in [-0.15, -0.1) is 0 Å². The smallest absolute Gasteiger partial charge is 0.462 e. The van der Waals surface area contributed by atoms with Crippen LogP contribution in [0.4, 0.5) is 0 Å². The minimum absolute atomic E-state index is 0.107. The maximum Gasteiger partial charge on any atom is 0.472 e. The van der Waals surface area contributed by atoms with Crippen molar-refractivity contribution in [1.29, 1.82) is 0 Å². The molecule has 0 aromatic carbocycles.